The lowest BCUT2D eigenvalue weighted by Crippen LogP contribution is -2.40. The lowest BCUT2D eigenvalue weighted by atomic mass is 10.0. The number of fused-ring (bicyclic) bond motifs is 1. The summed E-state index contributed by atoms with van der Waals surface area (Å²) in [5.74, 6) is 0. The predicted octanol–water partition coefficient (Wildman–Crippen LogP) is 1.75. The summed E-state index contributed by atoms with van der Waals surface area (Å²) in [5.41, 5.74) is 2.61. The highest BCUT2D eigenvalue weighted by Crippen LogP contribution is 2.18. The zero-order valence-corrected chi connectivity index (χ0v) is 11.2. The van der Waals surface area contributed by atoms with Crippen molar-refractivity contribution in [2.45, 2.75) is 25.3 Å². The van der Waals surface area contributed by atoms with Crippen LogP contribution in [-0.2, 0) is 0 Å². The van der Waals surface area contributed by atoms with E-state index in [1.807, 2.05) is 18.2 Å². The molecule has 3 N–H and O–H groups in total. The third-order valence-electron chi connectivity index (χ3n) is 3.98. The molecule has 0 bridgehead atoms. The van der Waals surface area contributed by atoms with Crippen LogP contribution in [0.1, 0.15) is 19.3 Å². The van der Waals surface area contributed by atoms with Crippen molar-refractivity contribution in [3.63, 3.8) is 0 Å². The average molecular weight is 260 g/mol. The third-order valence-corrected chi connectivity index (χ3v) is 3.98. The fourth-order valence-corrected chi connectivity index (χ4v) is 2.78. The smallest absolute Gasteiger partial charge is 0.323 e. The van der Waals surface area contributed by atoms with Gasteiger partial charge >= 0.3 is 5.69 Å². The Hall–Kier alpha value is -1.75. The van der Waals surface area contributed by atoms with E-state index < -0.39 is 0 Å². The molecule has 102 valence electrons. The standard InChI is InChI=1S/C14H20N4O/c1-18-7-3-2-4-11(18)9-15-10-5-6-12-13(8-10)17-14(19)16-12/h5-6,8,11,15H,2-4,7,9H2,1H3,(H2,16,17,19). The molecule has 1 saturated heterocycles. The van der Waals surface area contributed by atoms with Gasteiger partial charge in [-0.2, -0.15) is 0 Å². The molecule has 19 heavy (non-hydrogen) atoms. The van der Waals surface area contributed by atoms with E-state index in [1.54, 1.807) is 0 Å². The predicted molar refractivity (Wildman–Crippen MR) is 77.7 cm³/mol. The van der Waals surface area contributed by atoms with E-state index in [0.29, 0.717) is 6.04 Å². The summed E-state index contributed by atoms with van der Waals surface area (Å²) < 4.78 is 0. The van der Waals surface area contributed by atoms with Gasteiger partial charge in [-0.3, -0.25) is 0 Å². The summed E-state index contributed by atoms with van der Waals surface area (Å²) in [6, 6.07) is 6.53. The maximum absolute atomic E-state index is 11.2. The molecule has 0 radical (unpaired) electrons. The minimum absolute atomic E-state index is 0.154. The Morgan fingerprint density at radius 2 is 2.16 bits per heavy atom. The number of likely N-dealkylation sites (tertiary alicyclic amines) is 1. The van der Waals surface area contributed by atoms with Crippen molar-refractivity contribution in [3.8, 4) is 0 Å². The number of aromatic nitrogens is 2. The van der Waals surface area contributed by atoms with Crippen LogP contribution >= 0.6 is 0 Å². The molecule has 5 nitrogen and oxygen atoms in total. The van der Waals surface area contributed by atoms with Crippen molar-refractivity contribution in [2.24, 2.45) is 0 Å². The highest BCUT2D eigenvalue weighted by atomic mass is 16.1. The van der Waals surface area contributed by atoms with Crippen LogP contribution in [0.4, 0.5) is 5.69 Å². The summed E-state index contributed by atoms with van der Waals surface area (Å²) in [7, 11) is 2.19. The minimum atomic E-state index is -0.154. The molecule has 1 aliphatic heterocycles. The number of imidazole rings is 1. The van der Waals surface area contributed by atoms with E-state index in [2.05, 4.69) is 27.2 Å². The number of hydrogen-bond donors (Lipinski definition) is 3. The van der Waals surface area contributed by atoms with Gasteiger partial charge in [-0.1, -0.05) is 6.42 Å². The van der Waals surface area contributed by atoms with Crippen LogP contribution in [0.2, 0.25) is 0 Å². The summed E-state index contributed by atoms with van der Waals surface area (Å²) in [5, 5.41) is 3.47. The first kappa shape index (κ1) is 12.3. The molecular weight excluding hydrogens is 240 g/mol. The van der Waals surface area contributed by atoms with Crippen LogP contribution in [0.5, 0.6) is 0 Å². The number of nitrogens with one attached hydrogen (secondary N) is 3. The molecule has 0 aliphatic carbocycles. The third kappa shape index (κ3) is 2.66. The van der Waals surface area contributed by atoms with Gasteiger partial charge in [-0.25, -0.2) is 4.79 Å². The molecule has 5 heteroatoms. The van der Waals surface area contributed by atoms with E-state index >= 15 is 0 Å². The van der Waals surface area contributed by atoms with Gasteiger partial charge in [-0.05, 0) is 44.6 Å². The quantitative estimate of drug-likeness (QED) is 0.788. The Labute approximate surface area is 112 Å². The zero-order chi connectivity index (χ0) is 13.2. The first-order chi connectivity index (χ1) is 9.22. The number of hydrogen-bond acceptors (Lipinski definition) is 3. The number of rotatable bonds is 3. The van der Waals surface area contributed by atoms with Crippen molar-refractivity contribution in [1.82, 2.24) is 14.9 Å². The van der Waals surface area contributed by atoms with Gasteiger partial charge in [0, 0.05) is 18.3 Å². The Morgan fingerprint density at radius 1 is 1.32 bits per heavy atom. The lowest BCUT2D eigenvalue weighted by Gasteiger charge is -2.32. The SMILES string of the molecule is CN1CCCCC1CNc1ccc2[nH]c(=O)[nH]c2c1. The van der Waals surface area contributed by atoms with Gasteiger partial charge in [0.1, 0.15) is 0 Å². The maximum Gasteiger partial charge on any atom is 0.323 e. The first-order valence-corrected chi connectivity index (χ1v) is 6.88. The summed E-state index contributed by atoms with van der Waals surface area (Å²) in [6.07, 6.45) is 3.89. The number of likely N-dealkylation sites (N-methyl/N-ethyl adjacent to an activating group) is 1. The Morgan fingerprint density at radius 3 is 3.00 bits per heavy atom. The van der Waals surface area contributed by atoms with Crippen molar-refractivity contribution >= 4 is 16.7 Å². The van der Waals surface area contributed by atoms with E-state index in [1.165, 1.54) is 25.8 Å². The molecule has 0 saturated carbocycles. The number of benzene rings is 1. The Kier molecular flexibility index (Phi) is 3.29. The van der Waals surface area contributed by atoms with Crippen molar-refractivity contribution < 1.29 is 0 Å². The van der Waals surface area contributed by atoms with Gasteiger partial charge in [0.15, 0.2) is 0 Å². The van der Waals surface area contributed by atoms with Gasteiger partial charge in [0.2, 0.25) is 0 Å². The van der Waals surface area contributed by atoms with Crippen LogP contribution in [0.3, 0.4) is 0 Å². The normalized spacial score (nSPS) is 20.8. The summed E-state index contributed by atoms with van der Waals surface area (Å²) >= 11 is 0. The second kappa shape index (κ2) is 5.09. The molecular formula is C14H20N4O. The van der Waals surface area contributed by atoms with Crippen LogP contribution in [-0.4, -0.2) is 41.0 Å². The first-order valence-electron chi connectivity index (χ1n) is 6.88. The van der Waals surface area contributed by atoms with Crippen LogP contribution < -0.4 is 11.0 Å². The molecule has 1 unspecified atom stereocenters. The molecule has 3 rings (SSSR count). The van der Waals surface area contributed by atoms with Crippen LogP contribution in [0.15, 0.2) is 23.0 Å². The largest absolute Gasteiger partial charge is 0.383 e. The summed E-state index contributed by atoms with van der Waals surface area (Å²) in [6.45, 7) is 2.15. The maximum atomic E-state index is 11.2. The van der Waals surface area contributed by atoms with Crippen molar-refractivity contribution in [3.05, 3.63) is 28.7 Å². The number of anilines is 1. The number of H-pyrrole nitrogens is 2. The second-order valence-corrected chi connectivity index (χ2v) is 5.35. The number of aromatic amines is 2. The van der Waals surface area contributed by atoms with Gasteiger partial charge in [-0.15, -0.1) is 0 Å². The topological polar surface area (TPSA) is 63.9 Å². The minimum Gasteiger partial charge on any atom is -0.383 e. The van der Waals surface area contributed by atoms with Gasteiger partial charge in [0.25, 0.3) is 0 Å². The monoisotopic (exact) mass is 260 g/mol. The molecule has 0 amide bonds. The van der Waals surface area contributed by atoms with Crippen LogP contribution in [0, 0.1) is 0 Å². The van der Waals surface area contributed by atoms with Crippen molar-refractivity contribution in [1.29, 1.82) is 0 Å². The number of nitrogens with zero attached hydrogens (tertiary/aromatic N) is 1. The lowest BCUT2D eigenvalue weighted by molar-refractivity contribution is 0.194. The van der Waals surface area contributed by atoms with E-state index in [-0.39, 0.29) is 5.69 Å². The Bertz CT molecular complexity index is 615. The van der Waals surface area contributed by atoms with Gasteiger partial charge < -0.3 is 20.2 Å². The molecule has 1 aromatic carbocycles. The highest BCUT2D eigenvalue weighted by molar-refractivity contribution is 5.78. The molecule has 1 atom stereocenters. The molecule has 1 aromatic heterocycles. The van der Waals surface area contributed by atoms with E-state index in [0.717, 1.165) is 23.3 Å². The van der Waals surface area contributed by atoms with E-state index in [4.69, 9.17) is 0 Å². The Balaban J connectivity index is 1.69. The molecule has 2 aromatic rings. The highest BCUT2D eigenvalue weighted by Gasteiger charge is 2.18. The van der Waals surface area contributed by atoms with E-state index in [9.17, 15) is 4.79 Å². The second-order valence-electron chi connectivity index (χ2n) is 5.35. The van der Waals surface area contributed by atoms with Gasteiger partial charge in [0.05, 0.1) is 11.0 Å². The summed E-state index contributed by atoms with van der Waals surface area (Å²) in [4.78, 5) is 19.2. The zero-order valence-electron chi connectivity index (χ0n) is 11.2. The number of piperidine rings is 1. The molecule has 2 heterocycles. The van der Waals surface area contributed by atoms with Crippen molar-refractivity contribution in [2.75, 3.05) is 25.5 Å². The fourth-order valence-electron chi connectivity index (χ4n) is 2.78. The molecule has 1 fully saturated rings. The van der Waals surface area contributed by atoms with Crippen LogP contribution in [0.25, 0.3) is 11.0 Å². The molecule has 0 spiro atoms. The molecule has 1 aliphatic rings. The average Bonchev–Trinajstić information content (AvgIpc) is 2.77. The fraction of sp³-hybridized carbons (Fsp3) is 0.500.